The molecule has 4 nitrogen and oxygen atoms in total. The van der Waals surface area contributed by atoms with Crippen molar-refractivity contribution < 1.29 is 8.76 Å². The second kappa shape index (κ2) is 2.76. The first-order valence-electron chi connectivity index (χ1n) is 2.49. The maximum absolute atomic E-state index is 10.6. The van der Waals surface area contributed by atoms with Crippen LogP contribution < -0.4 is 5.56 Å². The molecular weight excluding hydrogens is 154 g/mol. The number of pyridine rings is 1. The fraction of sp³-hybridized carbons (Fsp3) is 0. The molecule has 0 aliphatic carbocycles. The first-order valence-corrected chi connectivity index (χ1v) is 3.52. The van der Waals surface area contributed by atoms with Crippen molar-refractivity contribution in [3.05, 3.63) is 34.7 Å². The third-order valence-electron chi connectivity index (χ3n) is 0.949. The number of nitrogens with zero attached hydrogens (tertiary/aromatic N) is 1. The highest BCUT2D eigenvalue weighted by molar-refractivity contribution is 7.77. The summed E-state index contributed by atoms with van der Waals surface area (Å²) in [6.07, 6.45) is 1.19. The molecule has 10 heavy (non-hydrogen) atoms. The summed E-state index contributed by atoms with van der Waals surface area (Å²) < 4.78 is 21.0. The van der Waals surface area contributed by atoms with E-state index in [0.717, 1.165) is 0 Å². The van der Waals surface area contributed by atoms with Crippen molar-refractivity contribution in [1.82, 2.24) is 3.97 Å². The molecule has 0 N–H and O–H groups in total. The first-order chi connectivity index (χ1) is 4.72. The molecule has 0 bridgehead atoms. The highest BCUT2D eigenvalue weighted by atomic mass is 32.2. The Morgan fingerprint density at radius 3 is 2.60 bits per heavy atom. The van der Waals surface area contributed by atoms with Crippen molar-refractivity contribution in [3.63, 3.8) is 0 Å². The lowest BCUT2D eigenvalue weighted by atomic mass is 10.5. The van der Waals surface area contributed by atoms with Gasteiger partial charge in [-0.1, -0.05) is 6.07 Å². The van der Waals surface area contributed by atoms with Gasteiger partial charge >= 0.3 is 0 Å². The number of rotatable bonds is 1. The van der Waals surface area contributed by atoms with Gasteiger partial charge in [-0.2, -0.15) is 0 Å². The van der Waals surface area contributed by atoms with E-state index in [4.69, 9.17) is 0 Å². The lowest BCUT2D eigenvalue weighted by Crippen LogP contribution is -2.20. The Morgan fingerprint density at radius 2 is 2.20 bits per heavy atom. The molecule has 0 radical (unpaired) electrons. The second-order valence-electron chi connectivity index (χ2n) is 1.58. The molecule has 0 saturated heterocycles. The van der Waals surface area contributed by atoms with E-state index in [1.54, 1.807) is 0 Å². The largest absolute Gasteiger partial charge is 0.755 e. The van der Waals surface area contributed by atoms with Crippen molar-refractivity contribution in [1.29, 1.82) is 0 Å². The molecule has 5 heteroatoms. The molecule has 0 aromatic carbocycles. The fourth-order valence-corrected chi connectivity index (χ4v) is 0.913. The minimum atomic E-state index is -2.49. The van der Waals surface area contributed by atoms with E-state index in [0.29, 0.717) is 3.97 Å². The summed E-state index contributed by atoms with van der Waals surface area (Å²) in [5, 5.41) is 0. The topological polar surface area (TPSA) is 62.1 Å². The van der Waals surface area contributed by atoms with Gasteiger partial charge in [-0.25, -0.2) is 3.97 Å². The van der Waals surface area contributed by atoms with Crippen LogP contribution in [-0.2, 0) is 11.3 Å². The smallest absolute Gasteiger partial charge is 0.261 e. The molecule has 0 saturated carbocycles. The van der Waals surface area contributed by atoms with Gasteiger partial charge in [-0.3, -0.25) is 9.00 Å². The van der Waals surface area contributed by atoms with Crippen LogP contribution in [0.2, 0.25) is 0 Å². The van der Waals surface area contributed by atoms with Crippen molar-refractivity contribution in [2.75, 3.05) is 0 Å². The Labute approximate surface area is 59.5 Å². The van der Waals surface area contributed by atoms with Gasteiger partial charge in [0.1, 0.15) is 0 Å². The van der Waals surface area contributed by atoms with Crippen LogP contribution in [0.15, 0.2) is 29.2 Å². The van der Waals surface area contributed by atoms with E-state index in [-0.39, 0.29) is 0 Å². The minimum absolute atomic E-state index is 0.546. The third kappa shape index (κ3) is 1.31. The van der Waals surface area contributed by atoms with Gasteiger partial charge in [-0.05, 0) is 6.07 Å². The van der Waals surface area contributed by atoms with Gasteiger partial charge in [0.15, 0.2) is 0 Å². The third-order valence-corrected chi connectivity index (χ3v) is 1.57. The van der Waals surface area contributed by atoms with Crippen LogP contribution in [0.4, 0.5) is 0 Å². The maximum Gasteiger partial charge on any atom is 0.261 e. The summed E-state index contributed by atoms with van der Waals surface area (Å²) in [5.41, 5.74) is -0.546. The van der Waals surface area contributed by atoms with Crippen molar-refractivity contribution in [2.24, 2.45) is 0 Å². The molecule has 1 aromatic rings. The highest BCUT2D eigenvalue weighted by Crippen LogP contribution is 1.80. The number of aromatic nitrogens is 1. The summed E-state index contributed by atoms with van der Waals surface area (Å²) >= 11 is -2.49. The van der Waals surface area contributed by atoms with Crippen LogP contribution in [0.25, 0.3) is 0 Å². The van der Waals surface area contributed by atoms with Crippen molar-refractivity contribution in [3.8, 4) is 0 Å². The highest BCUT2D eigenvalue weighted by Gasteiger charge is 1.89. The molecule has 54 valence electrons. The molecule has 1 unspecified atom stereocenters. The summed E-state index contributed by atoms with van der Waals surface area (Å²) in [6, 6.07) is 4.12. The van der Waals surface area contributed by atoms with Gasteiger partial charge < -0.3 is 4.55 Å². The van der Waals surface area contributed by atoms with E-state index >= 15 is 0 Å². The van der Waals surface area contributed by atoms with Gasteiger partial charge in [0, 0.05) is 12.3 Å². The van der Waals surface area contributed by atoms with E-state index in [1.165, 1.54) is 24.4 Å². The zero-order valence-corrected chi connectivity index (χ0v) is 5.71. The van der Waals surface area contributed by atoms with Gasteiger partial charge in [-0.15, -0.1) is 0 Å². The van der Waals surface area contributed by atoms with E-state index < -0.39 is 16.8 Å². The van der Waals surface area contributed by atoms with Crippen LogP contribution in [0.3, 0.4) is 0 Å². The normalized spacial score (nSPS) is 12.9. The predicted molar refractivity (Wildman–Crippen MR) is 35.0 cm³/mol. The average molecular weight is 158 g/mol. The predicted octanol–water partition coefficient (Wildman–Crippen LogP) is -0.510. The van der Waals surface area contributed by atoms with Crippen LogP contribution in [0.1, 0.15) is 0 Å². The van der Waals surface area contributed by atoms with Crippen molar-refractivity contribution in [2.45, 2.75) is 0 Å². The second-order valence-corrected chi connectivity index (χ2v) is 2.41. The molecule has 0 aliphatic heterocycles. The number of hydrogen-bond acceptors (Lipinski definition) is 3. The summed E-state index contributed by atoms with van der Waals surface area (Å²) in [4.78, 5) is 10.6. The molecule has 0 aliphatic rings. The number of hydrogen-bond donors (Lipinski definition) is 0. The van der Waals surface area contributed by atoms with E-state index in [1.807, 2.05) is 0 Å². The molecule has 1 atom stereocenters. The average Bonchev–Trinajstić information content (AvgIpc) is 1.88. The molecule has 0 amide bonds. The fourth-order valence-electron chi connectivity index (χ4n) is 0.536. The van der Waals surface area contributed by atoms with Gasteiger partial charge in [0.25, 0.3) is 5.56 Å². The zero-order chi connectivity index (χ0) is 7.56. The van der Waals surface area contributed by atoms with Gasteiger partial charge in [0.2, 0.25) is 0 Å². The Bertz CT molecular complexity index is 306. The Hall–Kier alpha value is -0.940. The summed E-state index contributed by atoms with van der Waals surface area (Å²) in [5.74, 6) is 0. The zero-order valence-electron chi connectivity index (χ0n) is 4.89. The standard InChI is InChI=1S/C5H5NO3S/c7-5-3-1-2-4-6(5)10(8)9/h1-4H,(H,8,9)/p-1. The van der Waals surface area contributed by atoms with Crippen LogP contribution >= 0.6 is 0 Å². The lowest BCUT2D eigenvalue weighted by Gasteiger charge is -2.05. The minimum Gasteiger partial charge on any atom is -0.755 e. The van der Waals surface area contributed by atoms with E-state index in [9.17, 15) is 13.6 Å². The molecule has 1 rings (SSSR count). The first kappa shape index (κ1) is 7.17. The monoisotopic (exact) mass is 158 g/mol. The van der Waals surface area contributed by atoms with Crippen LogP contribution in [0, 0.1) is 0 Å². The Balaban J connectivity index is 3.29. The lowest BCUT2D eigenvalue weighted by molar-refractivity contribution is 0.526. The SMILES string of the molecule is O=c1ccccn1S(=O)[O-]. The molecule has 1 aromatic heterocycles. The van der Waals surface area contributed by atoms with Crippen LogP contribution in [0.5, 0.6) is 0 Å². The summed E-state index contributed by atoms with van der Waals surface area (Å²) in [7, 11) is 0. The van der Waals surface area contributed by atoms with E-state index in [2.05, 4.69) is 0 Å². The molecule has 1 heterocycles. The Morgan fingerprint density at radius 1 is 1.50 bits per heavy atom. The molecular formula is C5H4NO3S-. The summed E-state index contributed by atoms with van der Waals surface area (Å²) in [6.45, 7) is 0. The Kier molecular flexibility index (Phi) is 1.98. The van der Waals surface area contributed by atoms with Gasteiger partial charge in [0.05, 0.1) is 11.3 Å². The molecule has 0 spiro atoms. The van der Waals surface area contributed by atoms with Crippen molar-refractivity contribution >= 4 is 11.3 Å². The maximum atomic E-state index is 10.6. The molecule has 0 fully saturated rings. The van der Waals surface area contributed by atoms with Crippen LogP contribution in [-0.4, -0.2) is 12.7 Å². The quantitative estimate of drug-likeness (QED) is 0.517.